The van der Waals surface area contributed by atoms with E-state index < -0.39 is 0 Å². The lowest BCUT2D eigenvalue weighted by Gasteiger charge is -2.13. The zero-order chi connectivity index (χ0) is 11.8. The number of hydrazone groups is 1. The second kappa shape index (κ2) is 3.74. The van der Waals surface area contributed by atoms with Crippen molar-refractivity contribution in [3.8, 4) is 0 Å². The topological polar surface area (TPSA) is 15.6 Å². The molecule has 0 bridgehead atoms. The van der Waals surface area contributed by atoms with Crippen LogP contribution in [-0.2, 0) is 0 Å². The number of hydrogen-bond acceptors (Lipinski definition) is 2. The van der Waals surface area contributed by atoms with Crippen LogP contribution >= 0.6 is 0 Å². The molecule has 1 aromatic carbocycles. The van der Waals surface area contributed by atoms with Crippen molar-refractivity contribution >= 4 is 17.4 Å². The third-order valence-corrected chi connectivity index (χ3v) is 2.94. The molecule has 0 amide bonds. The lowest BCUT2D eigenvalue weighted by molar-refractivity contribution is 0.438. The van der Waals surface area contributed by atoms with Crippen molar-refractivity contribution in [1.29, 1.82) is 0 Å². The second-order valence-electron chi connectivity index (χ2n) is 4.42. The standard InChI is InChI=1S/C15H14N2/c1-17(2)16-15-9-5-8-13-12-7-4-3-6-11(12)10-14(13)15/h3-10H,1-2H3. The molecule has 0 spiro atoms. The third-order valence-electron chi connectivity index (χ3n) is 2.94. The summed E-state index contributed by atoms with van der Waals surface area (Å²) in [6, 6.07) is 8.47. The highest BCUT2D eigenvalue weighted by molar-refractivity contribution is 6.25. The van der Waals surface area contributed by atoms with Crippen LogP contribution in [0.5, 0.6) is 0 Å². The van der Waals surface area contributed by atoms with E-state index in [9.17, 15) is 0 Å². The minimum absolute atomic E-state index is 1.03. The molecule has 2 heteroatoms. The molecule has 2 aliphatic rings. The maximum atomic E-state index is 4.52. The molecule has 2 nitrogen and oxygen atoms in total. The number of allylic oxidation sites excluding steroid dienone is 5. The van der Waals surface area contributed by atoms with Gasteiger partial charge in [-0.05, 0) is 28.9 Å². The highest BCUT2D eigenvalue weighted by Crippen LogP contribution is 2.37. The molecule has 1 aromatic rings. The lowest BCUT2D eigenvalue weighted by atomic mass is 9.96. The maximum Gasteiger partial charge on any atom is 0.0910 e. The van der Waals surface area contributed by atoms with E-state index in [1.54, 1.807) is 0 Å². The van der Waals surface area contributed by atoms with Crippen LogP contribution < -0.4 is 0 Å². The quantitative estimate of drug-likeness (QED) is 0.667. The monoisotopic (exact) mass is 222 g/mol. The smallest absolute Gasteiger partial charge is 0.0910 e. The van der Waals surface area contributed by atoms with Crippen molar-refractivity contribution in [2.24, 2.45) is 5.10 Å². The molecule has 0 saturated heterocycles. The number of nitrogens with zero attached hydrogens (tertiary/aromatic N) is 2. The highest BCUT2D eigenvalue weighted by Gasteiger charge is 2.22. The Bertz CT molecular complexity index is 587. The number of hydrogen-bond donors (Lipinski definition) is 0. The Balaban J connectivity index is 2.13. The lowest BCUT2D eigenvalue weighted by Crippen LogP contribution is -2.10. The predicted molar refractivity (Wildman–Crippen MR) is 72.7 cm³/mol. The van der Waals surface area contributed by atoms with Gasteiger partial charge in [-0.25, -0.2) is 0 Å². The van der Waals surface area contributed by atoms with Gasteiger partial charge >= 0.3 is 0 Å². The first-order chi connectivity index (χ1) is 8.25. The summed E-state index contributed by atoms with van der Waals surface area (Å²) in [7, 11) is 3.89. The van der Waals surface area contributed by atoms with Crippen molar-refractivity contribution in [3.05, 3.63) is 59.2 Å². The average molecular weight is 222 g/mol. The van der Waals surface area contributed by atoms with E-state index in [2.05, 4.69) is 53.7 Å². The van der Waals surface area contributed by atoms with Crippen LogP contribution in [0.2, 0.25) is 0 Å². The van der Waals surface area contributed by atoms with Gasteiger partial charge in [-0.1, -0.05) is 36.4 Å². The summed E-state index contributed by atoms with van der Waals surface area (Å²) in [6.07, 6.45) is 8.50. The normalized spacial score (nSPS) is 18.6. The summed E-state index contributed by atoms with van der Waals surface area (Å²) in [5.41, 5.74) is 6.12. The maximum absolute atomic E-state index is 4.52. The fourth-order valence-electron chi connectivity index (χ4n) is 2.27. The molecular formula is C15H14N2. The molecule has 0 atom stereocenters. The van der Waals surface area contributed by atoms with Crippen LogP contribution in [0.3, 0.4) is 0 Å². The van der Waals surface area contributed by atoms with Gasteiger partial charge in [-0.15, -0.1) is 0 Å². The van der Waals surface area contributed by atoms with E-state index in [4.69, 9.17) is 0 Å². The minimum Gasteiger partial charge on any atom is -0.303 e. The summed E-state index contributed by atoms with van der Waals surface area (Å²) in [5, 5.41) is 6.36. The SMILES string of the molecule is CN(C)N=C1C=CC=C2C1=Cc1ccccc12. The molecule has 3 rings (SSSR count). The molecule has 2 aliphatic carbocycles. The van der Waals surface area contributed by atoms with E-state index in [-0.39, 0.29) is 0 Å². The van der Waals surface area contributed by atoms with Crippen LogP contribution in [0, 0.1) is 0 Å². The summed E-state index contributed by atoms with van der Waals surface area (Å²) in [4.78, 5) is 0. The average Bonchev–Trinajstić information content (AvgIpc) is 2.68. The first-order valence-corrected chi connectivity index (χ1v) is 5.72. The number of fused-ring (bicyclic) bond motifs is 3. The van der Waals surface area contributed by atoms with E-state index in [1.165, 1.54) is 22.3 Å². The molecule has 0 fully saturated rings. The molecule has 17 heavy (non-hydrogen) atoms. The molecule has 0 unspecified atom stereocenters. The minimum atomic E-state index is 1.03. The van der Waals surface area contributed by atoms with Gasteiger partial charge in [0.05, 0.1) is 5.71 Å². The first-order valence-electron chi connectivity index (χ1n) is 5.72. The van der Waals surface area contributed by atoms with Crippen molar-refractivity contribution in [2.45, 2.75) is 0 Å². The largest absolute Gasteiger partial charge is 0.303 e. The zero-order valence-corrected chi connectivity index (χ0v) is 10.0. The van der Waals surface area contributed by atoms with Crippen LogP contribution in [-0.4, -0.2) is 24.8 Å². The van der Waals surface area contributed by atoms with E-state index in [0.717, 1.165) is 5.71 Å². The van der Waals surface area contributed by atoms with Crippen molar-refractivity contribution < 1.29 is 0 Å². The van der Waals surface area contributed by atoms with Gasteiger partial charge in [0.2, 0.25) is 0 Å². The molecule has 84 valence electrons. The molecule has 0 saturated carbocycles. The molecule has 0 N–H and O–H groups in total. The van der Waals surface area contributed by atoms with E-state index in [0.29, 0.717) is 0 Å². The van der Waals surface area contributed by atoms with Crippen LogP contribution in [0.15, 0.2) is 53.2 Å². The zero-order valence-electron chi connectivity index (χ0n) is 10.0. The summed E-state index contributed by atoms with van der Waals surface area (Å²) < 4.78 is 0. The fourth-order valence-corrected chi connectivity index (χ4v) is 2.27. The summed E-state index contributed by atoms with van der Waals surface area (Å²) >= 11 is 0. The van der Waals surface area contributed by atoms with Crippen LogP contribution in [0.4, 0.5) is 0 Å². The van der Waals surface area contributed by atoms with Gasteiger partial charge in [-0.2, -0.15) is 5.10 Å². The molecular weight excluding hydrogens is 208 g/mol. The van der Waals surface area contributed by atoms with Gasteiger partial charge in [0, 0.05) is 19.7 Å². The number of rotatable bonds is 1. The van der Waals surface area contributed by atoms with Crippen molar-refractivity contribution in [2.75, 3.05) is 14.1 Å². The van der Waals surface area contributed by atoms with Crippen molar-refractivity contribution in [3.63, 3.8) is 0 Å². The van der Waals surface area contributed by atoms with Crippen molar-refractivity contribution in [1.82, 2.24) is 5.01 Å². The highest BCUT2D eigenvalue weighted by atomic mass is 15.4. The molecule has 0 heterocycles. The third kappa shape index (κ3) is 1.62. The Morgan fingerprint density at radius 2 is 1.88 bits per heavy atom. The number of benzene rings is 1. The predicted octanol–water partition coefficient (Wildman–Crippen LogP) is 2.95. The summed E-state index contributed by atoms with van der Waals surface area (Å²) in [6.45, 7) is 0. The van der Waals surface area contributed by atoms with Gasteiger partial charge < -0.3 is 5.01 Å². The van der Waals surface area contributed by atoms with Gasteiger partial charge in [0.1, 0.15) is 0 Å². The fraction of sp³-hybridized carbons (Fsp3) is 0.133. The van der Waals surface area contributed by atoms with Gasteiger partial charge in [0.15, 0.2) is 0 Å². The molecule has 0 radical (unpaired) electrons. The van der Waals surface area contributed by atoms with E-state index in [1.807, 2.05) is 19.1 Å². The molecule has 0 aromatic heterocycles. The van der Waals surface area contributed by atoms with Gasteiger partial charge in [0.25, 0.3) is 0 Å². The van der Waals surface area contributed by atoms with Crippen LogP contribution in [0.25, 0.3) is 11.6 Å². The Hall–Kier alpha value is -2.09. The Kier molecular flexibility index (Phi) is 2.22. The van der Waals surface area contributed by atoms with Crippen LogP contribution in [0.1, 0.15) is 11.1 Å². The Labute approximate surface area is 101 Å². The van der Waals surface area contributed by atoms with E-state index >= 15 is 0 Å². The molecule has 0 aliphatic heterocycles. The van der Waals surface area contributed by atoms with Gasteiger partial charge in [-0.3, -0.25) is 0 Å². The Morgan fingerprint density at radius 3 is 2.71 bits per heavy atom. The second-order valence-corrected chi connectivity index (χ2v) is 4.42. The summed E-state index contributed by atoms with van der Waals surface area (Å²) in [5.74, 6) is 0. The first kappa shape index (κ1) is 10.1. The Morgan fingerprint density at radius 1 is 1.06 bits per heavy atom.